The van der Waals surface area contributed by atoms with Crippen molar-refractivity contribution in [2.75, 3.05) is 7.11 Å². The van der Waals surface area contributed by atoms with E-state index >= 15 is 0 Å². The van der Waals surface area contributed by atoms with Crippen molar-refractivity contribution in [3.05, 3.63) is 30.0 Å². The summed E-state index contributed by atoms with van der Waals surface area (Å²) in [6.07, 6.45) is 1.61. The van der Waals surface area contributed by atoms with E-state index in [4.69, 9.17) is 0 Å². The Hall–Kier alpha value is -1.91. The van der Waals surface area contributed by atoms with Crippen LogP contribution < -0.4 is 0 Å². The Labute approximate surface area is 78.7 Å². The van der Waals surface area contributed by atoms with E-state index in [2.05, 4.69) is 14.7 Å². The molecule has 0 atom stereocenters. The first-order valence-corrected chi connectivity index (χ1v) is 3.94. The van der Waals surface area contributed by atoms with Crippen molar-refractivity contribution < 1.29 is 13.9 Å². The normalized spacial score (nSPS) is 10.4. The minimum atomic E-state index is -0.697. The van der Waals surface area contributed by atoms with Crippen LogP contribution in [0.5, 0.6) is 0 Å². The van der Waals surface area contributed by atoms with Gasteiger partial charge in [-0.2, -0.15) is 4.39 Å². The average Bonchev–Trinajstić information content (AvgIpc) is 2.62. The number of esters is 1. The molecule has 0 spiro atoms. The van der Waals surface area contributed by atoms with E-state index in [1.807, 2.05) is 0 Å². The van der Waals surface area contributed by atoms with Crippen molar-refractivity contribution in [1.29, 1.82) is 0 Å². The fourth-order valence-corrected chi connectivity index (χ4v) is 1.27. The number of nitrogens with one attached hydrogen (secondary N) is 1. The van der Waals surface area contributed by atoms with Crippen LogP contribution in [-0.2, 0) is 4.74 Å². The summed E-state index contributed by atoms with van der Waals surface area (Å²) in [6, 6.07) is 2.91. The van der Waals surface area contributed by atoms with Crippen LogP contribution in [0.3, 0.4) is 0 Å². The number of pyridine rings is 1. The number of methoxy groups -OCH3 is 1. The first-order valence-electron chi connectivity index (χ1n) is 3.94. The molecule has 2 heterocycles. The lowest BCUT2D eigenvalue weighted by Gasteiger charge is -1.99. The highest BCUT2D eigenvalue weighted by Gasteiger charge is 2.14. The molecule has 5 heteroatoms. The van der Waals surface area contributed by atoms with Gasteiger partial charge in [0.05, 0.1) is 12.6 Å². The lowest BCUT2D eigenvalue weighted by molar-refractivity contribution is 0.0595. The van der Waals surface area contributed by atoms with E-state index in [-0.39, 0.29) is 5.69 Å². The minimum absolute atomic E-state index is 0.0347. The number of carbonyl (C=O) groups is 1. The predicted molar refractivity (Wildman–Crippen MR) is 47.4 cm³/mol. The third-order valence-electron chi connectivity index (χ3n) is 1.89. The third-order valence-corrected chi connectivity index (χ3v) is 1.89. The van der Waals surface area contributed by atoms with Crippen LogP contribution in [0.4, 0.5) is 4.39 Å². The smallest absolute Gasteiger partial charge is 0.358 e. The molecule has 2 aromatic rings. The maximum absolute atomic E-state index is 12.9. The van der Waals surface area contributed by atoms with Gasteiger partial charge in [0.1, 0.15) is 0 Å². The van der Waals surface area contributed by atoms with Gasteiger partial charge in [-0.15, -0.1) is 0 Å². The van der Waals surface area contributed by atoms with Crippen molar-refractivity contribution in [3.63, 3.8) is 0 Å². The summed E-state index contributed by atoms with van der Waals surface area (Å²) in [5.74, 6) is -1.35. The standard InChI is InChI=1S/C9H7FN2O2/c1-14-9(13)8-7-5(2-3-11-7)4-6(10)12-8/h2-4,11H,1H3. The van der Waals surface area contributed by atoms with E-state index in [9.17, 15) is 9.18 Å². The van der Waals surface area contributed by atoms with Gasteiger partial charge >= 0.3 is 5.97 Å². The fourth-order valence-electron chi connectivity index (χ4n) is 1.27. The Morgan fingerprint density at radius 3 is 3.14 bits per heavy atom. The van der Waals surface area contributed by atoms with E-state index in [1.54, 1.807) is 12.3 Å². The summed E-state index contributed by atoms with van der Waals surface area (Å²) >= 11 is 0. The Morgan fingerprint density at radius 2 is 2.43 bits per heavy atom. The molecule has 2 rings (SSSR count). The van der Waals surface area contributed by atoms with Gasteiger partial charge in [0.2, 0.25) is 5.95 Å². The van der Waals surface area contributed by atoms with Gasteiger partial charge in [0, 0.05) is 17.6 Å². The van der Waals surface area contributed by atoms with Gasteiger partial charge in [-0.25, -0.2) is 9.78 Å². The second-order valence-corrected chi connectivity index (χ2v) is 2.73. The van der Waals surface area contributed by atoms with Gasteiger partial charge in [-0.3, -0.25) is 0 Å². The number of carbonyl (C=O) groups excluding carboxylic acids is 1. The lowest BCUT2D eigenvalue weighted by Crippen LogP contribution is -2.06. The van der Waals surface area contributed by atoms with E-state index in [1.165, 1.54) is 13.2 Å². The summed E-state index contributed by atoms with van der Waals surface area (Å²) in [4.78, 5) is 17.5. The minimum Gasteiger partial charge on any atom is -0.464 e. The Balaban J connectivity index is 2.72. The Kier molecular flexibility index (Phi) is 1.92. The molecule has 72 valence electrons. The number of aromatic nitrogens is 2. The molecule has 1 N–H and O–H groups in total. The summed E-state index contributed by atoms with van der Waals surface area (Å²) in [6.45, 7) is 0. The van der Waals surface area contributed by atoms with Gasteiger partial charge in [-0.1, -0.05) is 0 Å². The summed E-state index contributed by atoms with van der Waals surface area (Å²) < 4.78 is 17.4. The number of ether oxygens (including phenoxy) is 1. The van der Waals surface area contributed by atoms with Crippen LogP contribution in [0, 0.1) is 5.95 Å². The van der Waals surface area contributed by atoms with Crippen LogP contribution in [0.2, 0.25) is 0 Å². The van der Waals surface area contributed by atoms with Gasteiger partial charge < -0.3 is 9.72 Å². The number of hydrogen-bond acceptors (Lipinski definition) is 3. The monoisotopic (exact) mass is 194 g/mol. The van der Waals surface area contributed by atoms with Gasteiger partial charge in [-0.05, 0) is 6.07 Å². The van der Waals surface area contributed by atoms with Crippen molar-refractivity contribution in [2.24, 2.45) is 0 Å². The number of halogens is 1. The van der Waals surface area contributed by atoms with E-state index in [0.717, 1.165) is 0 Å². The maximum Gasteiger partial charge on any atom is 0.358 e. The molecule has 0 amide bonds. The molecule has 0 radical (unpaired) electrons. The second kappa shape index (κ2) is 3.10. The molecule has 0 saturated carbocycles. The number of H-pyrrole nitrogens is 1. The summed E-state index contributed by atoms with van der Waals surface area (Å²) in [7, 11) is 1.23. The third kappa shape index (κ3) is 1.22. The molecular weight excluding hydrogens is 187 g/mol. The molecule has 0 bridgehead atoms. The zero-order valence-electron chi connectivity index (χ0n) is 7.37. The molecule has 0 aliphatic carbocycles. The number of nitrogens with zero attached hydrogens (tertiary/aromatic N) is 1. The summed E-state index contributed by atoms with van der Waals surface area (Å²) in [5, 5.41) is 0.595. The quantitative estimate of drug-likeness (QED) is 0.552. The fraction of sp³-hybridized carbons (Fsp3) is 0.111. The lowest BCUT2D eigenvalue weighted by atomic mass is 10.2. The highest BCUT2D eigenvalue weighted by atomic mass is 19.1. The molecule has 0 aliphatic heterocycles. The van der Waals surface area contributed by atoms with Crippen molar-refractivity contribution in [2.45, 2.75) is 0 Å². The van der Waals surface area contributed by atoms with Crippen LogP contribution in [0.1, 0.15) is 10.5 Å². The number of aromatic amines is 1. The molecule has 0 unspecified atom stereocenters. The first kappa shape index (κ1) is 8.68. The Bertz CT molecular complexity index is 493. The van der Waals surface area contributed by atoms with Crippen molar-refractivity contribution in [1.82, 2.24) is 9.97 Å². The highest BCUT2D eigenvalue weighted by Crippen LogP contribution is 2.16. The molecule has 0 fully saturated rings. The number of rotatable bonds is 1. The first-order chi connectivity index (χ1) is 6.72. The van der Waals surface area contributed by atoms with E-state index in [0.29, 0.717) is 10.9 Å². The van der Waals surface area contributed by atoms with Crippen LogP contribution >= 0.6 is 0 Å². The Morgan fingerprint density at radius 1 is 1.64 bits per heavy atom. The molecule has 14 heavy (non-hydrogen) atoms. The van der Waals surface area contributed by atoms with Crippen molar-refractivity contribution in [3.8, 4) is 0 Å². The summed E-state index contributed by atoms with van der Waals surface area (Å²) in [5.41, 5.74) is 0.450. The SMILES string of the molecule is COC(=O)c1nc(F)cc2cc[nH]c12. The average molecular weight is 194 g/mol. The molecule has 2 aromatic heterocycles. The van der Waals surface area contributed by atoms with Crippen LogP contribution in [0.25, 0.3) is 10.9 Å². The number of hydrogen-bond donors (Lipinski definition) is 1. The highest BCUT2D eigenvalue weighted by molar-refractivity contribution is 6.00. The van der Waals surface area contributed by atoms with Crippen LogP contribution in [0.15, 0.2) is 18.3 Å². The molecule has 4 nitrogen and oxygen atoms in total. The zero-order chi connectivity index (χ0) is 10.1. The molecular formula is C9H7FN2O2. The van der Waals surface area contributed by atoms with Crippen molar-refractivity contribution >= 4 is 16.9 Å². The zero-order valence-corrected chi connectivity index (χ0v) is 7.37. The van der Waals surface area contributed by atoms with Crippen LogP contribution in [-0.4, -0.2) is 23.0 Å². The second-order valence-electron chi connectivity index (χ2n) is 2.73. The predicted octanol–water partition coefficient (Wildman–Crippen LogP) is 1.49. The maximum atomic E-state index is 12.9. The largest absolute Gasteiger partial charge is 0.464 e. The topological polar surface area (TPSA) is 55.0 Å². The van der Waals surface area contributed by atoms with Gasteiger partial charge in [0.25, 0.3) is 0 Å². The van der Waals surface area contributed by atoms with Gasteiger partial charge in [0.15, 0.2) is 5.69 Å². The molecule has 0 saturated heterocycles. The molecule has 0 aliphatic rings. The number of fused-ring (bicyclic) bond motifs is 1. The van der Waals surface area contributed by atoms with E-state index < -0.39 is 11.9 Å². The molecule has 0 aromatic carbocycles.